The van der Waals surface area contributed by atoms with Crippen LogP contribution in [-0.2, 0) is 19.1 Å². The van der Waals surface area contributed by atoms with Gasteiger partial charge in [0.1, 0.15) is 6.04 Å². The fourth-order valence-corrected chi connectivity index (χ4v) is 2.61. The van der Waals surface area contributed by atoms with E-state index in [0.717, 1.165) is 4.90 Å². The number of hydrogen-bond acceptors (Lipinski definition) is 5. The van der Waals surface area contributed by atoms with Crippen LogP contribution in [0.1, 0.15) is 23.7 Å². The Kier molecular flexibility index (Phi) is 5.13. The lowest BCUT2D eigenvalue weighted by Gasteiger charge is -2.25. The molecule has 0 N–H and O–H groups in total. The first-order valence-corrected chi connectivity index (χ1v) is 7.34. The van der Waals surface area contributed by atoms with E-state index < -0.39 is 23.8 Å². The molecule has 126 valence electrons. The fraction of sp³-hybridized carbons (Fsp3) is 0.294. The third-order valence-corrected chi connectivity index (χ3v) is 3.78. The van der Waals surface area contributed by atoms with Crippen LogP contribution in [-0.4, -0.2) is 48.3 Å². The summed E-state index contributed by atoms with van der Waals surface area (Å²) in [5.74, 6) is -1.68. The van der Waals surface area contributed by atoms with Crippen LogP contribution in [0.3, 0.4) is 0 Å². The minimum Gasteiger partial charge on any atom is -0.465 e. The average Bonchev–Trinajstić information content (AvgIpc) is 2.86. The van der Waals surface area contributed by atoms with E-state index >= 15 is 0 Å². The molecule has 1 aromatic carbocycles. The number of rotatable bonds is 5. The second-order valence-electron chi connectivity index (χ2n) is 5.29. The zero-order chi connectivity index (χ0) is 17.9. The van der Waals surface area contributed by atoms with Crippen LogP contribution in [0.2, 0.25) is 0 Å². The van der Waals surface area contributed by atoms with Gasteiger partial charge in [-0.15, -0.1) is 6.58 Å². The number of benzene rings is 1. The molecule has 24 heavy (non-hydrogen) atoms. The van der Waals surface area contributed by atoms with Crippen LogP contribution in [0.25, 0.3) is 0 Å². The van der Waals surface area contributed by atoms with Crippen molar-refractivity contribution in [3.05, 3.63) is 42.5 Å². The molecule has 1 aliphatic rings. The predicted molar refractivity (Wildman–Crippen MR) is 86.3 cm³/mol. The van der Waals surface area contributed by atoms with E-state index in [1.165, 1.54) is 49.3 Å². The van der Waals surface area contributed by atoms with Crippen molar-refractivity contribution in [2.45, 2.75) is 19.4 Å². The summed E-state index contributed by atoms with van der Waals surface area (Å²) >= 11 is 0. The maximum atomic E-state index is 12.6. The molecule has 1 unspecified atom stereocenters. The highest BCUT2D eigenvalue weighted by Crippen LogP contribution is 2.26. The molecule has 1 aromatic rings. The number of methoxy groups -OCH3 is 1. The van der Waals surface area contributed by atoms with E-state index in [1.807, 2.05) is 0 Å². The molecule has 1 atom stereocenters. The maximum Gasteiger partial charge on any atom is 0.337 e. The van der Waals surface area contributed by atoms with E-state index in [2.05, 4.69) is 11.3 Å². The third kappa shape index (κ3) is 3.19. The van der Waals surface area contributed by atoms with E-state index in [1.54, 1.807) is 0 Å². The number of imide groups is 1. The van der Waals surface area contributed by atoms with Crippen molar-refractivity contribution < 1.29 is 23.9 Å². The van der Waals surface area contributed by atoms with Gasteiger partial charge in [-0.1, -0.05) is 6.08 Å². The molecule has 0 radical (unpaired) electrons. The standard InChI is InChI=1S/C17H18N2O5/c1-4-9-18(11(2)20)14-10-15(21)19(16(14)22)13-7-5-12(6-8-13)17(23)24-3/h4-8,14H,1,9-10H2,2-3H3. The maximum absolute atomic E-state index is 12.6. The van der Waals surface area contributed by atoms with Gasteiger partial charge in [-0.3, -0.25) is 14.4 Å². The zero-order valence-electron chi connectivity index (χ0n) is 13.5. The van der Waals surface area contributed by atoms with Gasteiger partial charge in [0.15, 0.2) is 0 Å². The number of anilines is 1. The topological polar surface area (TPSA) is 84.0 Å². The summed E-state index contributed by atoms with van der Waals surface area (Å²) in [4.78, 5) is 50.4. The Morgan fingerprint density at radius 2 is 1.96 bits per heavy atom. The minimum absolute atomic E-state index is 0.0784. The molecule has 7 nitrogen and oxygen atoms in total. The van der Waals surface area contributed by atoms with Crippen LogP contribution in [0.5, 0.6) is 0 Å². The van der Waals surface area contributed by atoms with Gasteiger partial charge in [0.25, 0.3) is 5.91 Å². The molecule has 2 rings (SSSR count). The van der Waals surface area contributed by atoms with Crippen molar-refractivity contribution in [1.82, 2.24) is 4.90 Å². The van der Waals surface area contributed by atoms with E-state index in [4.69, 9.17) is 0 Å². The van der Waals surface area contributed by atoms with Gasteiger partial charge >= 0.3 is 5.97 Å². The van der Waals surface area contributed by atoms with Crippen molar-refractivity contribution >= 4 is 29.4 Å². The molecular weight excluding hydrogens is 312 g/mol. The number of esters is 1. The smallest absolute Gasteiger partial charge is 0.337 e. The number of amides is 3. The Balaban J connectivity index is 2.27. The van der Waals surface area contributed by atoms with Gasteiger partial charge < -0.3 is 9.64 Å². The number of ether oxygens (including phenoxy) is 1. The zero-order valence-corrected chi connectivity index (χ0v) is 13.5. The minimum atomic E-state index is -0.840. The highest BCUT2D eigenvalue weighted by atomic mass is 16.5. The first kappa shape index (κ1) is 17.4. The molecule has 1 aliphatic heterocycles. The van der Waals surface area contributed by atoms with Crippen molar-refractivity contribution in [3.8, 4) is 0 Å². The molecular formula is C17H18N2O5. The molecule has 0 aliphatic carbocycles. The highest BCUT2D eigenvalue weighted by molar-refractivity contribution is 6.23. The van der Waals surface area contributed by atoms with Gasteiger partial charge in [-0.25, -0.2) is 9.69 Å². The lowest BCUT2D eigenvalue weighted by atomic mass is 10.2. The quantitative estimate of drug-likeness (QED) is 0.459. The van der Waals surface area contributed by atoms with Crippen LogP contribution in [0, 0.1) is 0 Å². The van der Waals surface area contributed by atoms with Gasteiger partial charge in [0.05, 0.1) is 24.8 Å². The van der Waals surface area contributed by atoms with Crippen molar-refractivity contribution in [2.24, 2.45) is 0 Å². The molecule has 0 bridgehead atoms. The fourth-order valence-electron chi connectivity index (χ4n) is 2.61. The van der Waals surface area contributed by atoms with Crippen molar-refractivity contribution in [3.63, 3.8) is 0 Å². The summed E-state index contributed by atoms with van der Waals surface area (Å²) in [7, 11) is 1.27. The summed E-state index contributed by atoms with van der Waals surface area (Å²) in [5.41, 5.74) is 0.663. The Labute approximate surface area is 139 Å². The third-order valence-electron chi connectivity index (χ3n) is 3.78. The lowest BCUT2D eigenvalue weighted by molar-refractivity contribution is -0.135. The number of hydrogen-bond donors (Lipinski definition) is 0. The van der Waals surface area contributed by atoms with Crippen molar-refractivity contribution in [1.29, 1.82) is 0 Å². The summed E-state index contributed by atoms with van der Waals surface area (Å²) in [6, 6.07) is 5.10. The lowest BCUT2D eigenvalue weighted by Crippen LogP contribution is -2.44. The molecule has 1 heterocycles. The van der Waals surface area contributed by atoms with Gasteiger partial charge in [0.2, 0.25) is 11.8 Å². The highest BCUT2D eigenvalue weighted by Gasteiger charge is 2.43. The second kappa shape index (κ2) is 7.08. The van der Waals surface area contributed by atoms with Gasteiger partial charge in [0, 0.05) is 13.5 Å². The summed E-state index contributed by atoms with van der Waals surface area (Å²) < 4.78 is 4.61. The van der Waals surface area contributed by atoms with Gasteiger partial charge in [-0.05, 0) is 24.3 Å². The molecule has 0 aromatic heterocycles. The summed E-state index contributed by atoms with van der Waals surface area (Å²) in [6.07, 6.45) is 1.43. The van der Waals surface area contributed by atoms with Crippen LogP contribution < -0.4 is 4.90 Å². The van der Waals surface area contributed by atoms with E-state index in [-0.39, 0.29) is 18.9 Å². The predicted octanol–water partition coefficient (Wildman–Crippen LogP) is 1.14. The Bertz CT molecular complexity index is 695. The molecule has 0 spiro atoms. The SMILES string of the molecule is C=CCN(C(C)=O)C1CC(=O)N(c2ccc(C(=O)OC)cc2)C1=O. The molecule has 3 amide bonds. The molecule has 1 fully saturated rings. The van der Waals surface area contributed by atoms with Gasteiger partial charge in [-0.2, -0.15) is 0 Å². The number of carbonyl (C=O) groups is 4. The Morgan fingerprint density at radius 3 is 2.46 bits per heavy atom. The van der Waals surface area contributed by atoms with Crippen LogP contribution in [0.15, 0.2) is 36.9 Å². The van der Waals surface area contributed by atoms with E-state index in [9.17, 15) is 19.2 Å². The second-order valence-corrected chi connectivity index (χ2v) is 5.29. The average molecular weight is 330 g/mol. The number of carbonyl (C=O) groups excluding carboxylic acids is 4. The molecule has 1 saturated heterocycles. The summed E-state index contributed by atoms with van der Waals surface area (Å²) in [5, 5.41) is 0. The largest absolute Gasteiger partial charge is 0.465 e. The summed E-state index contributed by atoms with van der Waals surface area (Å²) in [6.45, 7) is 5.09. The van der Waals surface area contributed by atoms with Crippen molar-refractivity contribution in [2.75, 3.05) is 18.6 Å². The molecule has 7 heteroatoms. The molecule has 0 saturated carbocycles. The first-order valence-electron chi connectivity index (χ1n) is 7.34. The normalized spacial score (nSPS) is 16.9. The Hall–Kier alpha value is -2.96. The Morgan fingerprint density at radius 1 is 1.33 bits per heavy atom. The first-order chi connectivity index (χ1) is 11.4. The monoisotopic (exact) mass is 330 g/mol. The van der Waals surface area contributed by atoms with Crippen LogP contribution >= 0.6 is 0 Å². The van der Waals surface area contributed by atoms with E-state index in [0.29, 0.717) is 11.3 Å². The van der Waals surface area contributed by atoms with Crippen LogP contribution in [0.4, 0.5) is 5.69 Å². The number of nitrogens with zero attached hydrogens (tertiary/aromatic N) is 2.